The number of halogens is 2. The molecule has 0 bridgehead atoms. The second-order valence-corrected chi connectivity index (χ2v) is 4.84. The number of rotatable bonds is 6. The highest BCUT2D eigenvalue weighted by molar-refractivity contribution is 6.30. The minimum Gasteiger partial charge on any atom is -0.497 e. The highest BCUT2D eigenvalue weighted by Gasteiger charge is 1.96. The van der Waals surface area contributed by atoms with Gasteiger partial charge in [-0.05, 0) is 48.4 Å². The lowest BCUT2D eigenvalue weighted by molar-refractivity contribution is 0.414. The van der Waals surface area contributed by atoms with Crippen molar-refractivity contribution in [1.82, 2.24) is 5.32 Å². The van der Waals surface area contributed by atoms with Crippen LogP contribution in [0, 0.1) is 0 Å². The van der Waals surface area contributed by atoms with Crippen LogP contribution in [0.25, 0.3) is 0 Å². The summed E-state index contributed by atoms with van der Waals surface area (Å²) in [5.74, 6) is 0.899. The van der Waals surface area contributed by atoms with Gasteiger partial charge in [-0.1, -0.05) is 35.9 Å². The van der Waals surface area contributed by atoms with Gasteiger partial charge in [-0.2, -0.15) is 0 Å². The monoisotopic (exact) mass is 311 g/mol. The van der Waals surface area contributed by atoms with Crippen LogP contribution in [0.1, 0.15) is 11.1 Å². The van der Waals surface area contributed by atoms with Crippen molar-refractivity contribution in [2.24, 2.45) is 0 Å². The van der Waals surface area contributed by atoms with Crippen molar-refractivity contribution < 1.29 is 4.74 Å². The number of methoxy groups -OCH3 is 1. The molecule has 4 heteroatoms. The molecule has 2 aromatic carbocycles. The zero-order valence-corrected chi connectivity index (χ0v) is 13.0. The van der Waals surface area contributed by atoms with Gasteiger partial charge >= 0.3 is 0 Å². The van der Waals surface area contributed by atoms with Gasteiger partial charge in [0, 0.05) is 11.6 Å². The van der Waals surface area contributed by atoms with E-state index < -0.39 is 0 Å². The lowest BCUT2D eigenvalue weighted by Gasteiger charge is -2.06. The summed E-state index contributed by atoms with van der Waals surface area (Å²) in [7, 11) is 1.68. The van der Waals surface area contributed by atoms with Crippen molar-refractivity contribution in [1.29, 1.82) is 0 Å². The van der Waals surface area contributed by atoms with Gasteiger partial charge in [0.2, 0.25) is 0 Å². The van der Waals surface area contributed by atoms with E-state index >= 15 is 0 Å². The van der Waals surface area contributed by atoms with Gasteiger partial charge in [0.25, 0.3) is 0 Å². The van der Waals surface area contributed by atoms with E-state index in [1.54, 1.807) is 7.11 Å². The van der Waals surface area contributed by atoms with E-state index in [1.165, 1.54) is 11.1 Å². The standard InChI is InChI=1S/C16H18ClNO.ClH/c1-19-16-7-5-13(6-8-16)9-10-18-12-14-3-2-4-15(17)11-14;/h2-8,11,18H,9-10,12H2,1H3;1H. The summed E-state index contributed by atoms with van der Waals surface area (Å²) in [6, 6.07) is 16.1. The van der Waals surface area contributed by atoms with E-state index in [9.17, 15) is 0 Å². The van der Waals surface area contributed by atoms with Crippen LogP contribution in [0.4, 0.5) is 0 Å². The van der Waals surface area contributed by atoms with Crippen molar-refractivity contribution in [3.63, 3.8) is 0 Å². The predicted octanol–water partition coefficient (Wildman–Crippen LogP) is 4.10. The van der Waals surface area contributed by atoms with Gasteiger partial charge in [0.1, 0.15) is 5.75 Å². The Bertz CT molecular complexity index is 514. The lowest BCUT2D eigenvalue weighted by Crippen LogP contribution is -2.16. The van der Waals surface area contributed by atoms with Gasteiger partial charge in [-0.25, -0.2) is 0 Å². The minimum absolute atomic E-state index is 0. The molecule has 0 fully saturated rings. The zero-order valence-electron chi connectivity index (χ0n) is 11.4. The molecule has 20 heavy (non-hydrogen) atoms. The quantitative estimate of drug-likeness (QED) is 0.811. The topological polar surface area (TPSA) is 21.3 Å². The van der Waals surface area contributed by atoms with Crippen LogP contribution in [-0.2, 0) is 13.0 Å². The van der Waals surface area contributed by atoms with Crippen molar-refractivity contribution in [2.75, 3.05) is 13.7 Å². The van der Waals surface area contributed by atoms with Crippen LogP contribution in [0.2, 0.25) is 5.02 Å². The van der Waals surface area contributed by atoms with Crippen molar-refractivity contribution >= 4 is 24.0 Å². The van der Waals surface area contributed by atoms with Gasteiger partial charge in [0.15, 0.2) is 0 Å². The van der Waals surface area contributed by atoms with Crippen molar-refractivity contribution in [3.05, 3.63) is 64.7 Å². The fourth-order valence-corrected chi connectivity index (χ4v) is 2.12. The van der Waals surface area contributed by atoms with E-state index in [0.717, 1.165) is 30.3 Å². The van der Waals surface area contributed by atoms with E-state index in [1.807, 2.05) is 30.3 Å². The highest BCUT2D eigenvalue weighted by Crippen LogP contribution is 2.12. The maximum Gasteiger partial charge on any atom is 0.118 e. The molecule has 0 radical (unpaired) electrons. The molecule has 0 heterocycles. The molecule has 0 atom stereocenters. The van der Waals surface area contributed by atoms with E-state index in [0.29, 0.717) is 0 Å². The summed E-state index contributed by atoms with van der Waals surface area (Å²) in [6.07, 6.45) is 1.00. The largest absolute Gasteiger partial charge is 0.497 e. The van der Waals surface area contributed by atoms with E-state index in [2.05, 4.69) is 23.5 Å². The third kappa shape index (κ3) is 5.41. The molecule has 2 rings (SSSR count). The van der Waals surface area contributed by atoms with Crippen molar-refractivity contribution in [3.8, 4) is 5.75 Å². The summed E-state index contributed by atoms with van der Waals surface area (Å²) in [5, 5.41) is 4.20. The van der Waals surface area contributed by atoms with E-state index in [4.69, 9.17) is 16.3 Å². The minimum atomic E-state index is 0. The fraction of sp³-hybridized carbons (Fsp3) is 0.250. The average Bonchev–Trinajstić information content (AvgIpc) is 2.44. The molecule has 0 spiro atoms. The van der Waals surface area contributed by atoms with Crippen LogP contribution >= 0.6 is 24.0 Å². The number of hydrogen-bond acceptors (Lipinski definition) is 2. The molecule has 0 aliphatic carbocycles. The van der Waals surface area contributed by atoms with Crippen LogP contribution in [0.3, 0.4) is 0 Å². The molecule has 108 valence electrons. The Morgan fingerprint density at radius 3 is 2.45 bits per heavy atom. The van der Waals surface area contributed by atoms with Gasteiger partial charge in [-0.3, -0.25) is 0 Å². The molecule has 0 aromatic heterocycles. The summed E-state index contributed by atoms with van der Waals surface area (Å²) >= 11 is 5.94. The molecule has 2 aromatic rings. The molecule has 0 aliphatic heterocycles. The summed E-state index contributed by atoms with van der Waals surface area (Å²) < 4.78 is 5.14. The Hall–Kier alpha value is -1.22. The smallest absolute Gasteiger partial charge is 0.118 e. The number of nitrogens with one attached hydrogen (secondary N) is 1. The van der Waals surface area contributed by atoms with Crippen LogP contribution in [-0.4, -0.2) is 13.7 Å². The molecular weight excluding hydrogens is 293 g/mol. The maximum atomic E-state index is 5.94. The number of benzene rings is 2. The van der Waals surface area contributed by atoms with Gasteiger partial charge in [-0.15, -0.1) is 12.4 Å². The molecule has 2 nitrogen and oxygen atoms in total. The molecular formula is C16H19Cl2NO. The SMILES string of the molecule is COc1ccc(CCNCc2cccc(Cl)c2)cc1.Cl. The zero-order chi connectivity index (χ0) is 13.5. The van der Waals surface area contributed by atoms with Crippen LogP contribution in [0.15, 0.2) is 48.5 Å². The summed E-state index contributed by atoms with van der Waals surface area (Å²) in [4.78, 5) is 0. The Kier molecular flexibility index (Phi) is 7.45. The van der Waals surface area contributed by atoms with Gasteiger partial charge < -0.3 is 10.1 Å². The summed E-state index contributed by atoms with van der Waals surface area (Å²) in [6.45, 7) is 1.79. The average molecular weight is 312 g/mol. The van der Waals surface area contributed by atoms with Gasteiger partial charge in [0.05, 0.1) is 7.11 Å². The second-order valence-electron chi connectivity index (χ2n) is 4.40. The number of hydrogen-bond donors (Lipinski definition) is 1. The molecule has 0 saturated carbocycles. The van der Waals surface area contributed by atoms with Crippen molar-refractivity contribution in [2.45, 2.75) is 13.0 Å². The Morgan fingerprint density at radius 1 is 1.05 bits per heavy atom. The normalized spacial score (nSPS) is 9.90. The lowest BCUT2D eigenvalue weighted by atomic mass is 10.1. The Morgan fingerprint density at radius 2 is 1.80 bits per heavy atom. The third-order valence-corrected chi connectivity index (χ3v) is 3.20. The predicted molar refractivity (Wildman–Crippen MR) is 87.1 cm³/mol. The first-order chi connectivity index (χ1) is 9.28. The molecule has 1 N–H and O–H groups in total. The van der Waals surface area contributed by atoms with E-state index in [-0.39, 0.29) is 12.4 Å². The first-order valence-corrected chi connectivity index (χ1v) is 6.74. The van der Waals surface area contributed by atoms with Crippen LogP contribution in [0.5, 0.6) is 5.75 Å². The molecule has 0 saturated heterocycles. The molecule has 0 unspecified atom stereocenters. The Balaban J connectivity index is 0.00000200. The highest BCUT2D eigenvalue weighted by atomic mass is 35.5. The first kappa shape index (κ1) is 16.8. The summed E-state index contributed by atoms with van der Waals surface area (Å²) in [5.41, 5.74) is 2.52. The maximum absolute atomic E-state index is 5.94. The number of ether oxygens (including phenoxy) is 1. The second kappa shape index (κ2) is 8.85. The molecule has 0 amide bonds. The third-order valence-electron chi connectivity index (χ3n) is 2.97. The molecule has 0 aliphatic rings. The first-order valence-electron chi connectivity index (χ1n) is 6.36. The Labute approximate surface area is 131 Å². The fourth-order valence-electron chi connectivity index (χ4n) is 1.90. The van der Waals surface area contributed by atoms with Crippen LogP contribution < -0.4 is 10.1 Å².